The van der Waals surface area contributed by atoms with E-state index in [0.29, 0.717) is 5.92 Å². The van der Waals surface area contributed by atoms with Crippen LogP contribution in [0.4, 0.5) is 0 Å². The molecule has 1 atom stereocenters. The SMILES string of the molecule is Cc1nccn1CCNCC(Cl)CC(C)C. The first-order valence-electron chi connectivity index (χ1n) is 5.92. The standard InChI is InChI=1S/C12H22ClN3/c1-10(2)8-12(13)9-14-4-6-16-7-5-15-11(16)3/h5,7,10,12,14H,4,6,8-9H2,1-3H3. The van der Waals surface area contributed by atoms with Gasteiger partial charge in [-0.05, 0) is 19.3 Å². The van der Waals surface area contributed by atoms with Crippen molar-refractivity contribution >= 4 is 11.6 Å². The van der Waals surface area contributed by atoms with Gasteiger partial charge >= 0.3 is 0 Å². The fourth-order valence-electron chi connectivity index (χ4n) is 1.69. The van der Waals surface area contributed by atoms with Crippen LogP contribution in [0.5, 0.6) is 0 Å². The lowest BCUT2D eigenvalue weighted by atomic mass is 10.1. The third kappa shape index (κ3) is 4.99. The summed E-state index contributed by atoms with van der Waals surface area (Å²) in [5.41, 5.74) is 0. The van der Waals surface area contributed by atoms with Crippen molar-refractivity contribution in [2.75, 3.05) is 13.1 Å². The number of aromatic nitrogens is 2. The summed E-state index contributed by atoms with van der Waals surface area (Å²) in [6.07, 6.45) is 4.90. The summed E-state index contributed by atoms with van der Waals surface area (Å²) in [7, 11) is 0. The maximum atomic E-state index is 6.19. The van der Waals surface area contributed by atoms with Gasteiger partial charge in [0.25, 0.3) is 0 Å². The maximum Gasteiger partial charge on any atom is 0.105 e. The Bertz CT molecular complexity index is 296. The lowest BCUT2D eigenvalue weighted by Gasteiger charge is -2.13. The molecule has 1 aromatic heterocycles. The van der Waals surface area contributed by atoms with Gasteiger partial charge in [0.2, 0.25) is 0 Å². The van der Waals surface area contributed by atoms with Crippen LogP contribution in [0.2, 0.25) is 0 Å². The fourth-order valence-corrected chi connectivity index (χ4v) is 2.16. The average Bonchev–Trinajstić information content (AvgIpc) is 2.58. The number of hydrogen-bond donors (Lipinski definition) is 1. The minimum atomic E-state index is 0.240. The van der Waals surface area contributed by atoms with Crippen molar-refractivity contribution < 1.29 is 0 Å². The molecule has 92 valence electrons. The lowest BCUT2D eigenvalue weighted by Crippen LogP contribution is -2.27. The Labute approximate surface area is 103 Å². The third-order valence-corrected chi connectivity index (χ3v) is 2.88. The summed E-state index contributed by atoms with van der Waals surface area (Å²) in [6.45, 7) is 9.20. The van der Waals surface area contributed by atoms with Crippen LogP contribution in [0.25, 0.3) is 0 Å². The van der Waals surface area contributed by atoms with Crippen LogP contribution in [0.3, 0.4) is 0 Å². The summed E-state index contributed by atoms with van der Waals surface area (Å²) >= 11 is 6.19. The zero-order valence-corrected chi connectivity index (χ0v) is 11.2. The van der Waals surface area contributed by atoms with E-state index in [2.05, 4.69) is 28.7 Å². The summed E-state index contributed by atoms with van der Waals surface area (Å²) < 4.78 is 2.14. The Morgan fingerprint density at radius 2 is 2.25 bits per heavy atom. The minimum absolute atomic E-state index is 0.240. The fraction of sp³-hybridized carbons (Fsp3) is 0.750. The first kappa shape index (κ1) is 13.5. The van der Waals surface area contributed by atoms with Crippen LogP contribution in [-0.2, 0) is 6.54 Å². The van der Waals surface area contributed by atoms with Crippen molar-refractivity contribution in [2.45, 2.75) is 39.1 Å². The maximum absolute atomic E-state index is 6.19. The molecular formula is C12H22ClN3. The van der Waals surface area contributed by atoms with E-state index in [4.69, 9.17) is 11.6 Å². The molecule has 3 nitrogen and oxygen atoms in total. The predicted molar refractivity (Wildman–Crippen MR) is 68.9 cm³/mol. The van der Waals surface area contributed by atoms with Crippen molar-refractivity contribution in [3.63, 3.8) is 0 Å². The van der Waals surface area contributed by atoms with Gasteiger partial charge in [-0.15, -0.1) is 11.6 Å². The summed E-state index contributed by atoms with van der Waals surface area (Å²) in [4.78, 5) is 4.18. The van der Waals surface area contributed by atoms with E-state index in [-0.39, 0.29) is 5.38 Å². The molecule has 16 heavy (non-hydrogen) atoms. The Morgan fingerprint density at radius 3 is 2.81 bits per heavy atom. The Balaban J connectivity index is 2.10. The average molecular weight is 244 g/mol. The molecule has 0 aromatic carbocycles. The molecule has 1 unspecified atom stereocenters. The Kier molecular flexibility index (Phi) is 5.85. The normalized spacial score (nSPS) is 13.3. The van der Waals surface area contributed by atoms with Crippen LogP contribution < -0.4 is 5.32 Å². The molecule has 1 heterocycles. The van der Waals surface area contributed by atoms with Crippen molar-refractivity contribution in [3.05, 3.63) is 18.2 Å². The highest BCUT2D eigenvalue weighted by atomic mass is 35.5. The van der Waals surface area contributed by atoms with Crippen LogP contribution in [-0.4, -0.2) is 28.0 Å². The highest BCUT2D eigenvalue weighted by Crippen LogP contribution is 2.09. The van der Waals surface area contributed by atoms with Gasteiger partial charge in [-0.3, -0.25) is 0 Å². The number of nitrogens with zero attached hydrogens (tertiary/aromatic N) is 2. The van der Waals surface area contributed by atoms with Crippen LogP contribution >= 0.6 is 11.6 Å². The van der Waals surface area contributed by atoms with Gasteiger partial charge < -0.3 is 9.88 Å². The van der Waals surface area contributed by atoms with Gasteiger partial charge in [0.15, 0.2) is 0 Å². The smallest absolute Gasteiger partial charge is 0.105 e. The predicted octanol–water partition coefficient (Wildman–Crippen LogP) is 2.43. The molecule has 0 radical (unpaired) electrons. The molecule has 1 rings (SSSR count). The van der Waals surface area contributed by atoms with Crippen molar-refractivity contribution in [1.82, 2.24) is 14.9 Å². The summed E-state index contributed by atoms with van der Waals surface area (Å²) in [5.74, 6) is 1.73. The van der Waals surface area contributed by atoms with E-state index in [1.165, 1.54) is 0 Å². The number of aryl methyl sites for hydroxylation is 1. The van der Waals surface area contributed by atoms with Gasteiger partial charge in [0, 0.05) is 37.4 Å². The van der Waals surface area contributed by atoms with Gasteiger partial charge in [0.1, 0.15) is 5.82 Å². The molecule has 0 saturated heterocycles. The quantitative estimate of drug-likeness (QED) is 0.589. The van der Waals surface area contributed by atoms with E-state index < -0.39 is 0 Å². The number of nitrogens with one attached hydrogen (secondary N) is 1. The molecule has 0 saturated carbocycles. The number of hydrogen-bond acceptors (Lipinski definition) is 2. The van der Waals surface area contributed by atoms with Crippen LogP contribution in [0.15, 0.2) is 12.4 Å². The highest BCUT2D eigenvalue weighted by molar-refractivity contribution is 6.20. The molecule has 0 spiro atoms. The van der Waals surface area contributed by atoms with E-state index in [1.807, 2.05) is 19.3 Å². The zero-order chi connectivity index (χ0) is 12.0. The van der Waals surface area contributed by atoms with E-state index in [9.17, 15) is 0 Å². The summed E-state index contributed by atoms with van der Waals surface area (Å²) in [6, 6.07) is 0. The molecular weight excluding hydrogens is 222 g/mol. The molecule has 1 aromatic rings. The van der Waals surface area contributed by atoms with E-state index >= 15 is 0 Å². The monoisotopic (exact) mass is 243 g/mol. The Morgan fingerprint density at radius 1 is 1.50 bits per heavy atom. The van der Waals surface area contributed by atoms with Gasteiger partial charge in [-0.25, -0.2) is 4.98 Å². The second kappa shape index (κ2) is 6.92. The first-order chi connectivity index (χ1) is 7.59. The van der Waals surface area contributed by atoms with E-state index in [0.717, 1.165) is 31.9 Å². The number of rotatable bonds is 7. The second-order valence-electron chi connectivity index (χ2n) is 4.60. The first-order valence-corrected chi connectivity index (χ1v) is 6.35. The van der Waals surface area contributed by atoms with Gasteiger partial charge in [-0.1, -0.05) is 13.8 Å². The molecule has 0 aliphatic rings. The largest absolute Gasteiger partial charge is 0.334 e. The molecule has 4 heteroatoms. The Hall–Kier alpha value is -0.540. The van der Waals surface area contributed by atoms with E-state index in [1.54, 1.807) is 0 Å². The molecule has 0 bridgehead atoms. The van der Waals surface area contributed by atoms with Crippen LogP contribution in [0, 0.1) is 12.8 Å². The number of alkyl halides is 1. The third-order valence-electron chi connectivity index (χ3n) is 2.55. The van der Waals surface area contributed by atoms with Gasteiger partial charge in [-0.2, -0.15) is 0 Å². The second-order valence-corrected chi connectivity index (χ2v) is 5.22. The summed E-state index contributed by atoms with van der Waals surface area (Å²) in [5, 5.41) is 3.62. The molecule has 0 aliphatic heterocycles. The lowest BCUT2D eigenvalue weighted by molar-refractivity contribution is 0.518. The van der Waals surface area contributed by atoms with Crippen molar-refractivity contribution in [2.24, 2.45) is 5.92 Å². The van der Waals surface area contributed by atoms with Crippen LogP contribution in [0.1, 0.15) is 26.1 Å². The topological polar surface area (TPSA) is 29.9 Å². The van der Waals surface area contributed by atoms with Crippen molar-refractivity contribution in [3.8, 4) is 0 Å². The van der Waals surface area contributed by atoms with Crippen molar-refractivity contribution in [1.29, 1.82) is 0 Å². The molecule has 1 N–H and O–H groups in total. The molecule has 0 amide bonds. The minimum Gasteiger partial charge on any atom is -0.334 e. The number of imidazole rings is 1. The molecule has 0 aliphatic carbocycles. The zero-order valence-electron chi connectivity index (χ0n) is 10.4. The molecule has 0 fully saturated rings. The number of halogens is 1. The highest BCUT2D eigenvalue weighted by Gasteiger charge is 2.06. The van der Waals surface area contributed by atoms with Gasteiger partial charge in [0.05, 0.1) is 0 Å².